The molecule has 610 valence electrons. The fraction of sp³-hybridized carbons (Fsp3) is 0.506. The first-order chi connectivity index (χ1) is 53.9. The number of aliphatic hydroxyl groups excluding tert-OH is 4. The lowest BCUT2D eigenvalue weighted by Crippen LogP contribution is -2.60. The monoisotopic (exact) mass is 1620 g/mol. The molecule has 5 aromatic carbocycles. The van der Waals surface area contributed by atoms with E-state index in [9.17, 15) is 64.2 Å². The number of nitrogens with one attached hydrogen (secondary N) is 4. The van der Waals surface area contributed by atoms with E-state index in [2.05, 4.69) is 21.3 Å². The summed E-state index contributed by atoms with van der Waals surface area (Å²) in [6.07, 6.45) is -10.7. The highest BCUT2D eigenvalue weighted by molar-refractivity contribution is 7.16. The molecule has 0 bridgehead atoms. The minimum Gasteiger partial charge on any atom is -0.465 e. The maximum Gasteiger partial charge on any atom is 0.407 e. The van der Waals surface area contributed by atoms with Crippen LogP contribution in [-0.2, 0) is 54.0 Å². The van der Waals surface area contributed by atoms with Gasteiger partial charge in [0, 0.05) is 93.1 Å². The average Bonchev–Trinajstić information content (AvgIpc) is 1.51. The zero-order valence-electron chi connectivity index (χ0n) is 62.8. The highest BCUT2D eigenvalue weighted by Gasteiger charge is 2.46. The summed E-state index contributed by atoms with van der Waals surface area (Å²) in [5.41, 5.74) is 14.0. The summed E-state index contributed by atoms with van der Waals surface area (Å²) in [4.78, 5) is 116. The van der Waals surface area contributed by atoms with Crippen molar-refractivity contribution in [2.45, 2.75) is 106 Å². The van der Waals surface area contributed by atoms with Crippen LogP contribution in [0.4, 0.5) is 31.4 Å². The zero-order valence-corrected chi connectivity index (χ0v) is 65.1. The average molecular weight is 1620 g/mol. The second kappa shape index (κ2) is 42.5. The fourth-order valence-electron chi connectivity index (χ4n) is 13.9. The predicted octanol–water partition coefficient (Wildman–Crippen LogP) is 5.53. The minimum atomic E-state index is -1.73. The van der Waals surface area contributed by atoms with Gasteiger partial charge in [-0.2, -0.15) is 0 Å². The lowest BCUT2D eigenvalue weighted by atomic mass is 9.85. The number of thiophene rings is 1. The van der Waals surface area contributed by atoms with Crippen molar-refractivity contribution in [1.29, 1.82) is 0 Å². The summed E-state index contributed by atoms with van der Waals surface area (Å²) in [6.45, 7) is 7.70. The van der Waals surface area contributed by atoms with Gasteiger partial charge >= 0.3 is 18.2 Å². The molecule has 1 aromatic heterocycles. The molecule has 32 nitrogen and oxygen atoms in total. The third-order valence-electron chi connectivity index (χ3n) is 19.6. The molecule has 0 spiro atoms. The summed E-state index contributed by atoms with van der Waals surface area (Å²) in [6, 6.07) is 21.6. The van der Waals surface area contributed by atoms with Crippen molar-refractivity contribution in [3.63, 3.8) is 0 Å². The molecule has 4 heterocycles. The van der Waals surface area contributed by atoms with Gasteiger partial charge in [-0.3, -0.25) is 24.0 Å². The van der Waals surface area contributed by atoms with Crippen LogP contribution in [0.5, 0.6) is 5.75 Å². The van der Waals surface area contributed by atoms with Gasteiger partial charge in [0.15, 0.2) is 0 Å². The van der Waals surface area contributed by atoms with Crippen molar-refractivity contribution in [2.24, 2.45) is 17.4 Å². The van der Waals surface area contributed by atoms with E-state index in [1.165, 1.54) is 36.0 Å². The van der Waals surface area contributed by atoms with E-state index >= 15 is 4.79 Å². The standard InChI is InChI=1S/C77H100Cl2N10O22S/c1-44(2)65(85-62(91)21-24-104-26-28-106-30-32-108-34-35-109-33-31-107-29-27-105-25-22-80)71(96)84-54(14-9-23-82-75(81)99)70(95)83-48-17-15-45(16-18-48)36-57(86(3)76(100)101)66(87(4)77(102)103)53-37-55-63(51-12-7-5-10-49(51)53)46(39-78)41-88(55)72(97)60-19-20-61(112-60)73(98)89-42-47(40-79)64-52-13-8-6-11-50(52)58(38-56(64)89)110-74-69(94)68(93)67(92)59(43-90)111-74/h5-8,10-13,15-20,37-38,44,46-47,54,57,59,65-69,74,90,92-94H,9,14,21-36,39-43,80H2,1-4H3,(H,83,95)(H,84,96)(H,85,91)(H,100,101)(H,102,103)(H3,81,82,99)/t46-,47-,54+,57?,59-,65+,66?,67+,68+,69-,74-/m1/s1. The topological polar surface area (TPSA) is 445 Å². The summed E-state index contributed by atoms with van der Waals surface area (Å²) in [7, 11) is 2.65. The van der Waals surface area contributed by atoms with Crippen molar-refractivity contribution in [3.05, 3.63) is 129 Å². The van der Waals surface area contributed by atoms with Crippen molar-refractivity contribution < 1.29 is 107 Å². The number of hydrogen-bond donors (Lipinski definition) is 12. The number of alkyl halides is 2. The van der Waals surface area contributed by atoms with E-state index in [1.54, 1.807) is 86.6 Å². The van der Waals surface area contributed by atoms with Crippen molar-refractivity contribution in [1.82, 2.24) is 25.8 Å². The number of carbonyl (C=O) groups is 8. The Balaban J connectivity index is 0.877. The number of nitrogens with two attached hydrogens (primary N) is 2. The van der Waals surface area contributed by atoms with Crippen LogP contribution in [0, 0.1) is 5.92 Å². The van der Waals surface area contributed by atoms with Crippen LogP contribution in [0.2, 0.25) is 0 Å². The van der Waals surface area contributed by atoms with Crippen LogP contribution < -0.4 is 47.3 Å². The maximum absolute atomic E-state index is 15.3. The number of benzene rings is 5. The molecule has 1 fully saturated rings. The predicted molar refractivity (Wildman–Crippen MR) is 418 cm³/mol. The number of primary amides is 1. The van der Waals surface area contributed by atoms with Crippen LogP contribution in [0.1, 0.15) is 92.6 Å². The Labute approximate surface area is 661 Å². The number of halogens is 2. The van der Waals surface area contributed by atoms with E-state index in [-0.39, 0.29) is 104 Å². The number of hydrogen-bond acceptors (Lipinski definition) is 22. The van der Waals surface area contributed by atoms with E-state index in [0.717, 1.165) is 26.7 Å². The number of urea groups is 1. The molecule has 2 unspecified atom stereocenters. The Hall–Kier alpha value is -8.62. The van der Waals surface area contributed by atoms with Gasteiger partial charge in [0.1, 0.15) is 42.2 Å². The van der Waals surface area contributed by atoms with Crippen LogP contribution in [0.3, 0.4) is 0 Å². The third-order valence-corrected chi connectivity index (χ3v) is 21.4. The van der Waals surface area contributed by atoms with Gasteiger partial charge in [0.05, 0.1) is 113 Å². The third kappa shape index (κ3) is 22.2. The summed E-state index contributed by atoms with van der Waals surface area (Å²) >= 11 is 14.4. The number of carboxylic acid groups (broad SMARTS) is 2. The highest BCUT2D eigenvalue weighted by Crippen LogP contribution is 2.49. The number of fused-ring (bicyclic) bond motifs is 6. The quantitative estimate of drug-likeness (QED) is 0.0165. The molecule has 35 heteroatoms. The summed E-state index contributed by atoms with van der Waals surface area (Å²) < 4.78 is 44.7. The molecule has 14 N–H and O–H groups in total. The molecule has 11 atom stereocenters. The van der Waals surface area contributed by atoms with Gasteiger partial charge in [0.2, 0.25) is 24.0 Å². The van der Waals surface area contributed by atoms with Gasteiger partial charge < -0.3 is 121 Å². The Morgan fingerprint density at radius 2 is 1.14 bits per heavy atom. The Kier molecular flexibility index (Phi) is 33.1. The molecule has 9 rings (SSSR count). The number of likely N-dealkylation sites (N-methyl/N-ethyl adjacent to an activating group) is 2. The largest absolute Gasteiger partial charge is 0.465 e. The molecule has 0 saturated carbocycles. The number of nitrogens with zero attached hydrogens (tertiary/aromatic N) is 4. The maximum atomic E-state index is 15.3. The van der Waals surface area contributed by atoms with Crippen LogP contribution in [0.15, 0.2) is 97.1 Å². The van der Waals surface area contributed by atoms with Crippen molar-refractivity contribution in [2.75, 3.05) is 153 Å². The van der Waals surface area contributed by atoms with Crippen LogP contribution in [-0.4, -0.2) is 275 Å². The normalized spacial score (nSPS) is 19.0. The van der Waals surface area contributed by atoms with Gasteiger partial charge in [-0.1, -0.05) is 74.5 Å². The Morgan fingerprint density at radius 1 is 0.634 bits per heavy atom. The smallest absolute Gasteiger partial charge is 0.407 e. The molecular weight excluding hydrogens is 1520 g/mol. The zero-order chi connectivity index (χ0) is 80.7. The van der Waals surface area contributed by atoms with E-state index in [4.69, 9.17) is 72.6 Å². The highest BCUT2D eigenvalue weighted by atomic mass is 35.5. The lowest BCUT2D eigenvalue weighted by molar-refractivity contribution is -0.277. The Bertz CT molecular complexity index is 4180. The molecule has 3 aliphatic heterocycles. The number of amides is 9. The van der Waals surface area contributed by atoms with E-state index in [0.29, 0.717) is 116 Å². The van der Waals surface area contributed by atoms with Crippen LogP contribution >= 0.6 is 34.5 Å². The van der Waals surface area contributed by atoms with Crippen LogP contribution in [0.25, 0.3) is 21.5 Å². The second-order valence-electron chi connectivity index (χ2n) is 27.5. The fourth-order valence-corrected chi connectivity index (χ4v) is 15.3. The summed E-state index contributed by atoms with van der Waals surface area (Å²) in [5, 5.41) is 77.1. The van der Waals surface area contributed by atoms with Gasteiger partial charge in [-0.25, -0.2) is 14.4 Å². The molecule has 0 radical (unpaired) electrons. The van der Waals surface area contributed by atoms with Gasteiger partial charge in [-0.05, 0) is 93.9 Å². The first kappa shape index (κ1) is 87.3. The molecule has 9 amide bonds. The van der Waals surface area contributed by atoms with E-state index in [1.807, 2.05) is 12.1 Å². The molecule has 6 aromatic rings. The van der Waals surface area contributed by atoms with Gasteiger partial charge in [-0.15, -0.1) is 34.5 Å². The number of anilines is 3. The Morgan fingerprint density at radius 3 is 1.65 bits per heavy atom. The SMILES string of the molecule is CC(C)[C@H](NC(=O)CCOCCOCCOCCOCCOCCOCCN)C(=O)N[C@@H](CCCNC(N)=O)C(=O)Nc1ccc(CC(C(c2cc3c(c4ccccc24)[C@H](CCl)CN3C(=O)c2ccc(C(=O)N3C[C@@H](CCl)c4c3cc(O[C@@H]3O[C@H](CO)[C@H](O)[C@H](O)[C@H]3O)c3ccccc43)s2)N(C)C(=O)O)N(C)C(=O)O)cc1. The molecular formula is C77H100Cl2N10O22S. The molecule has 112 heavy (non-hydrogen) atoms. The summed E-state index contributed by atoms with van der Waals surface area (Å²) in [5.74, 6) is -3.72. The number of aliphatic hydroxyl groups is 4. The minimum absolute atomic E-state index is 0.0212. The number of ether oxygens (including phenoxy) is 8. The number of rotatable bonds is 43. The van der Waals surface area contributed by atoms with Gasteiger partial charge in [0.25, 0.3) is 11.8 Å². The van der Waals surface area contributed by atoms with Crippen molar-refractivity contribution in [3.8, 4) is 5.75 Å². The molecule has 1 saturated heterocycles. The van der Waals surface area contributed by atoms with E-state index < -0.39 is 121 Å². The number of carbonyl (C=O) groups excluding carboxylic acids is 6. The lowest BCUT2D eigenvalue weighted by Gasteiger charge is -2.39. The molecule has 0 aliphatic carbocycles. The molecule has 3 aliphatic rings. The second-order valence-corrected chi connectivity index (χ2v) is 29.2. The first-order valence-corrected chi connectivity index (χ1v) is 38.8. The first-order valence-electron chi connectivity index (χ1n) is 37.0. The van der Waals surface area contributed by atoms with Crippen molar-refractivity contribution >= 4 is 121 Å².